The summed E-state index contributed by atoms with van der Waals surface area (Å²) in [4.78, 5) is 167. The third-order valence-electron chi connectivity index (χ3n) is 18.7. The summed E-state index contributed by atoms with van der Waals surface area (Å²) in [5.74, 6) is -5.75. The van der Waals surface area contributed by atoms with Crippen molar-refractivity contribution in [3.8, 4) is 29.4 Å². The van der Waals surface area contributed by atoms with Gasteiger partial charge in [-0.3, -0.25) is 68.2 Å². The molecule has 3 aliphatic rings. The maximum Gasteiger partial charge on any atom is 0.317 e. The van der Waals surface area contributed by atoms with Gasteiger partial charge in [0.2, 0.25) is 35.4 Å². The molecular weight excluding hydrogens is 1530 g/mol. The Morgan fingerprint density at radius 3 is 1.05 bits per heavy atom. The molecule has 3 aromatic heterocycles. The number of nitriles is 2. The van der Waals surface area contributed by atoms with Crippen molar-refractivity contribution >= 4 is 122 Å². The van der Waals surface area contributed by atoms with Crippen LogP contribution in [0.5, 0.6) is 17.2 Å². The number of nitrogens with zero attached hydrogens (tertiary/aromatic N) is 2. The fraction of sp³-hybridized carbons (Fsp3) is 0.500. The van der Waals surface area contributed by atoms with Gasteiger partial charge in [0.05, 0.1) is 71.2 Å². The predicted molar refractivity (Wildman–Crippen MR) is 427 cm³/mol. The minimum absolute atomic E-state index is 0.0461. The number of hydrogen-bond donors (Lipinski definition) is 18. The Morgan fingerprint density at radius 2 is 0.810 bits per heavy atom. The number of benzene rings is 3. The fourth-order valence-corrected chi connectivity index (χ4v) is 13.1. The molecule has 6 heterocycles. The molecule has 9 amide bonds. The van der Waals surface area contributed by atoms with Crippen LogP contribution >= 0.6 is 12.1 Å². The molecule has 2 unspecified atom stereocenters. The molecule has 0 saturated carbocycles. The zero-order chi connectivity index (χ0) is 85.9. The molecule has 38 heteroatoms. The molecule has 6 aromatic rings. The first-order chi connectivity index (χ1) is 55.2. The Hall–Kier alpha value is -11.9. The Morgan fingerprint density at radius 1 is 0.517 bits per heavy atom. The number of ether oxygens (including phenoxy) is 3. The highest BCUT2D eigenvalue weighted by atomic mass is 32.2. The number of aromatic amines is 3. The number of carbonyl (C=O) groups is 13. The molecule has 630 valence electrons. The van der Waals surface area contributed by atoms with Gasteiger partial charge in [0, 0.05) is 88.5 Å². The number of aromatic nitrogens is 3. The van der Waals surface area contributed by atoms with E-state index in [2.05, 4.69) is 79.2 Å². The smallest absolute Gasteiger partial charge is 0.317 e. The summed E-state index contributed by atoms with van der Waals surface area (Å²) in [5, 5.41) is 77.4. The van der Waals surface area contributed by atoms with Crippen molar-refractivity contribution in [2.45, 2.75) is 148 Å². The van der Waals surface area contributed by atoms with E-state index in [9.17, 15) is 76.7 Å². The van der Waals surface area contributed by atoms with Crippen molar-refractivity contribution in [3.05, 3.63) is 89.9 Å². The average molecular weight is 1640 g/mol. The fourth-order valence-electron chi connectivity index (χ4n) is 13.1. The van der Waals surface area contributed by atoms with Crippen LogP contribution in [0, 0.1) is 58.2 Å². The number of hydrogen-bond acceptors (Lipinski definition) is 22. The molecule has 36 nitrogen and oxygen atoms in total. The largest absolute Gasteiger partial charge is 0.496 e. The number of halogens is 1. The Balaban J connectivity index is 0.000000297. The van der Waals surface area contributed by atoms with Crippen LogP contribution in [-0.4, -0.2) is 223 Å². The zero-order valence-corrected chi connectivity index (χ0v) is 67.1. The molecule has 0 spiro atoms. The average Bonchev–Trinajstić information content (AvgIpc) is 1.67. The number of nitrogens with two attached hydrogens (primary N) is 1. The van der Waals surface area contributed by atoms with Gasteiger partial charge in [-0.1, -0.05) is 59.7 Å². The van der Waals surface area contributed by atoms with Crippen LogP contribution in [0.4, 0.5) is 3.89 Å². The summed E-state index contributed by atoms with van der Waals surface area (Å²) in [6.45, 7) is 11.8. The van der Waals surface area contributed by atoms with Gasteiger partial charge in [0.15, 0.2) is 0 Å². The standard InChI is InChI=1S/2C26H34N6O6.C23H30N4O5.C2H5NO2.CH3FS/c2*1-14(2)9-19(32-26(37)20-11-16-17(30-20)5-4-6-22(16)38-3)25(36)31-18(10-15-7-8-28-24(15)35)21(12-27)29-13-23(33)34;1-13(2)9-18(22(30)25-15(12-28)10-14-7-8-24-21(14)29)27-23(31)19-11-16-17(26-19)5-4-6-20(16)32-3;3-1-2(4)5;1-3-2/h2*4-6,11,14-15,18-19,21,29-30H,7-10,13H2,1-3H3,(H,28,35)(H,31,36)(H,32,37)(H,33,34);4-6,11-15,18,26H,7-10H2,1-3H3,(H,24,29)(H,25,30)(H,27,31);1,3H2,(H,4,5);1H3/t2*15-,18-,19-,21?;14-,15-,18-;;/m000../s1. The van der Waals surface area contributed by atoms with Gasteiger partial charge in [-0.2, -0.15) is 14.4 Å². The Kier molecular flexibility index (Phi) is 39.0. The van der Waals surface area contributed by atoms with Gasteiger partial charge >= 0.3 is 17.9 Å². The van der Waals surface area contributed by atoms with Crippen molar-refractivity contribution in [1.29, 1.82) is 10.5 Å². The highest BCUT2D eigenvalue weighted by molar-refractivity contribution is 7.93. The molecule has 19 N–H and O–H groups in total. The van der Waals surface area contributed by atoms with Crippen molar-refractivity contribution in [1.82, 2.24) is 73.4 Å². The zero-order valence-electron chi connectivity index (χ0n) is 66.3. The van der Waals surface area contributed by atoms with Gasteiger partial charge in [0.1, 0.15) is 70.8 Å². The van der Waals surface area contributed by atoms with Gasteiger partial charge < -0.3 is 103 Å². The Labute approximate surface area is 674 Å². The summed E-state index contributed by atoms with van der Waals surface area (Å²) in [7, 11) is 4.63. The third kappa shape index (κ3) is 29.5. The summed E-state index contributed by atoms with van der Waals surface area (Å²) in [6.07, 6.45) is 5.30. The summed E-state index contributed by atoms with van der Waals surface area (Å²) < 4.78 is 26.2. The molecule has 3 aromatic carbocycles. The van der Waals surface area contributed by atoms with Crippen LogP contribution < -0.4 is 78.4 Å². The van der Waals surface area contributed by atoms with Gasteiger partial charge in [-0.05, 0) is 130 Å². The van der Waals surface area contributed by atoms with E-state index in [0.29, 0.717) is 98.4 Å². The van der Waals surface area contributed by atoms with E-state index in [1.165, 1.54) is 20.5 Å². The number of nitrogens with one attached hydrogen (secondary N) is 14. The first-order valence-electron chi connectivity index (χ1n) is 37.6. The molecular formula is C78H106FN17O19S. The highest BCUT2D eigenvalue weighted by Gasteiger charge is 2.38. The maximum atomic E-state index is 13.4. The number of carboxylic acids is 3. The number of methoxy groups -OCH3 is 3. The molecule has 0 radical (unpaired) electrons. The Bertz CT molecular complexity index is 4270. The van der Waals surface area contributed by atoms with E-state index in [1.54, 1.807) is 55.6 Å². The number of aliphatic carboxylic acids is 3. The van der Waals surface area contributed by atoms with Gasteiger partial charge in [0.25, 0.3) is 17.7 Å². The molecule has 116 heavy (non-hydrogen) atoms. The lowest BCUT2D eigenvalue weighted by molar-refractivity contribution is -0.137. The second kappa shape index (κ2) is 47.7. The van der Waals surface area contributed by atoms with Crippen molar-refractivity contribution < 1.29 is 95.7 Å². The quantitative estimate of drug-likeness (QED) is 0.0248. The van der Waals surface area contributed by atoms with Crippen LogP contribution in [0.15, 0.2) is 72.8 Å². The van der Waals surface area contributed by atoms with E-state index in [1.807, 2.05) is 77.9 Å². The lowest BCUT2D eigenvalue weighted by Crippen LogP contribution is -2.56. The number of rotatable bonds is 37. The van der Waals surface area contributed by atoms with E-state index in [4.69, 9.17) is 29.5 Å². The minimum atomic E-state index is -1.16. The van der Waals surface area contributed by atoms with Gasteiger partial charge in [-0.15, -0.1) is 0 Å². The first-order valence-corrected chi connectivity index (χ1v) is 38.7. The molecule has 0 aliphatic carbocycles. The van der Waals surface area contributed by atoms with E-state index >= 15 is 0 Å². The second-order valence-electron chi connectivity index (χ2n) is 28.8. The molecule has 11 atom stereocenters. The predicted octanol–water partition coefficient (Wildman–Crippen LogP) is 3.59. The van der Waals surface area contributed by atoms with Crippen LogP contribution in [0.3, 0.4) is 0 Å². The SMILES string of the molecule is COc1cccc2[nH]c(C(=O)N[C@@H](CC(C)C)C(=O)N[C@@H](C[C@@H]3CCNC3=O)C(C#N)NCC(=O)O)cc12.COc1cccc2[nH]c(C(=O)N[C@@H](CC(C)C)C(=O)N[C@@H](C[C@@H]3CCNC3=O)C(C#N)NCC(=O)O)cc12.COc1cccc2[nH]c(C(=O)N[C@@H](CC(C)C)C(=O)N[C@H](C=O)C[C@@H]3CCNC3=O)cc12.CSF.NCC(=O)O. The summed E-state index contributed by atoms with van der Waals surface area (Å²) in [6, 6.07) is 17.9. The van der Waals surface area contributed by atoms with Crippen LogP contribution in [0.2, 0.25) is 0 Å². The van der Waals surface area contributed by atoms with Crippen molar-refractivity contribution in [3.63, 3.8) is 0 Å². The first kappa shape index (κ1) is 94.7. The third-order valence-corrected chi connectivity index (χ3v) is 18.7. The number of H-pyrrole nitrogens is 3. The summed E-state index contributed by atoms with van der Waals surface area (Å²) in [5.41, 5.74) is 7.54. The number of aldehydes is 1. The highest BCUT2D eigenvalue weighted by Crippen LogP contribution is 2.30. The van der Waals surface area contributed by atoms with E-state index in [0.717, 1.165) is 21.7 Å². The molecule has 9 rings (SSSR count). The number of carbonyl (C=O) groups excluding carboxylic acids is 10. The maximum absolute atomic E-state index is 13.4. The minimum Gasteiger partial charge on any atom is -0.496 e. The van der Waals surface area contributed by atoms with Crippen molar-refractivity contribution in [2.24, 2.45) is 41.2 Å². The van der Waals surface area contributed by atoms with E-state index in [-0.39, 0.29) is 90.7 Å². The van der Waals surface area contributed by atoms with Crippen molar-refractivity contribution in [2.75, 3.05) is 66.9 Å². The molecule has 3 aliphatic heterocycles. The van der Waals surface area contributed by atoms with Crippen LogP contribution in [0.25, 0.3) is 32.7 Å². The van der Waals surface area contributed by atoms with Gasteiger partial charge in [-0.25, -0.2) is 0 Å². The number of fused-ring (bicyclic) bond motifs is 3. The topological polar surface area (TPSA) is 564 Å². The lowest BCUT2D eigenvalue weighted by Gasteiger charge is -2.28. The number of amides is 9. The van der Waals surface area contributed by atoms with Crippen LogP contribution in [-0.2, 0) is 47.9 Å². The van der Waals surface area contributed by atoms with Crippen LogP contribution in [0.1, 0.15) is 131 Å². The monoisotopic (exact) mass is 1640 g/mol. The lowest BCUT2D eigenvalue weighted by atomic mass is 9.93. The summed E-state index contributed by atoms with van der Waals surface area (Å²) >= 11 is 0.250. The molecule has 3 saturated heterocycles. The van der Waals surface area contributed by atoms with E-state index < -0.39 is 127 Å². The number of carboxylic acid groups (broad SMARTS) is 3. The second-order valence-corrected chi connectivity index (χ2v) is 29.1. The normalized spacial score (nSPS) is 16.7. The molecule has 3 fully saturated rings. The molecule has 0 bridgehead atoms.